The number of fused-ring (bicyclic) bond motifs is 1. The second-order valence-electron chi connectivity index (χ2n) is 12.5. The highest BCUT2D eigenvalue weighted by Gasteiger charge is 2.18. The van der Waals surface area contributed by atoms with Gasteiger partial charge in [-0.1, -0.05) is 88.4 Å². The van der Waals surface area contributed by atoms with E-state index in [2.05, 4.69) is 99.7 Å². The molecule has 1 heterocycles. The molecule has 4 aromatic carbocycles. The van der Waals surface area contributed by atoms with Gasteiger partial charge in [0.15, 0.2) is 0 Å². The van der Waals surface area contributed by atoms with Crippen molar-refractivity contribution in [1.82, 2.24) is 0 Å². The molecular formula is C39H43NO4. The lowest BCUT2D eigenvalue weighted by atomic mass is 9.93. The monoisotopic (exact) mass is 589 g/mol. The molecule has 0 saturated heterocycles. The minimum Gasteiger partial charge on any atom is -0.493 e. The Hall–Kier alpha value is -4.51. The fourth-order valence-corrected chi connectivity index (χ4v) is 5.69. The third kappa shape index (κ3) is 7.90. The SMILES string of the molecule is CC(C)Cc1ccc(C(Nc2ccc3coc(-c4ccccc4OCCCC(=O)O)c3c2)c2ccc(CC(C)C)cc2)cc1. The van der Waals surface area contributed by atoms with Crippen molar-refractivity contribution in [2.45, 2.75) is 59.4 Å². The molecule has 0 saturated carbocycles. The lowest BCUT2D eigenvalue weighted by Crippen LogP contribution is -2.13. The molecule has 0 aliphatic heterocycles. The number of carboxylic acids is 1. The fourth-order valence-electron chi connectivity index (χ4n) is 5.69. The molecule has 0 unspecified atom stereocenters. The average molecular weight is 590 g/mol. The molecule has 0 spiro atoms. The van der Waals surface area contributed by atoms with Crippen LogP contribution in [0.15, 0.2) is 102 Å². The van der Waals surface area contributed by atoms with E-state index >= 15 is 0 Å². The number of aliphatic carboxylic acids is 1. The molecule has 0 fully saturated rings. The number of hydrogen-bond acceptors (Lipinski definition) is 4. The zero-order valence-electron chi connectivity index (χ0n) is 26.2. The smallest absolute Gasteiger partial charge is 0.303 e. The Bertz CT molecular complexity index is 1610. The van der Waals surface area contributed by atoms with Gasteiger partial charge in [0, 0.05) is 22.9 Å². The van der Waals surface area contributed by atoms with Gasteiger partial charge < -0.3 is 19.6 Å². The summed E-state index contributed by atoms with van der Waals surface area (Å²) in [5.41, 5.74) is 6.95. The summed E-state index contributed by atoms with van der Waals surface area (Å²) in [6.07, 6.45) is 4.41. The Morgan fingerprint density at radius 1 is 0.818 bits per heavy atom. The van der Waals surface area contributed by atoms with Gasteiger partial charge in [-0.15, -0.1) is 0 Å². The molecule has 5 heteroatoms. The van der Waals surface area contributed by atoms with Gasteiger partial charge in [0.2, 0.25) is 0 Å². The van der Waals surface area contributed by atoms with E-state index in [9.17, 15) is 4.79 Å². The van der Waals surface area contributed by atoms with E-state index in [-0.39, 0.29) is 12.5 Å². The molecule has 228 valence electrons. The van der Waals surface area contributed by atoms with Crippen LogP contribution in [0.5, 0.6) is 5.75 Å². The molecule has 5 nitrogen and oxygen atoms in total. The third-order valence-electron chi connectivity index (χ3n) is 7.75. The van der Waals surface area contributed by atoms with Crippen LogP contribution in [0.2, 0.25) is 0 Å². The molecule has 2 N–H and O–H groups in total. The van der Waals surface area contributed by atoms with Crippen LogP contribution in [0.3, 0.4) is 0 Å². The minimum absolute atomic E-state index is 0.0335. The maximum absolute atomic E-state index is 10.9. The largest absolute Gasteiger partial charge is 0.493 e. The van der Waals surface area contributed by atoms with Crippen molar-refractivity contribution in [1.29, 1.82) is 0 Å². The van der Waals surface area contributed by atoms with Crippen LogP contribution in [0.4, 0.5) is 5.69 Å². The van der Waals surface area contributed by atoms with Gasteiger partial charge >= 0.3 is 5.97 Å². The number of ether oxygens (including phenoxy) is 1. The first-order valence-electron chi connectivity index (χ1n) is 15.7. The first-order valence-corrected chi connectivity index (χ1v) is 15.7. The quantitative estimate of drug-likeness (QED) is 0.126. The third-order valence-corrected chi connectivity index (χ3v) is 7.75. The van der Waals surface area contributed by atoms with Crippen LogP contribution in [-0.2, 0) is 17.6 Å². The molecule has 0 atom stereocenters. The first kappa shape index (κ1) is 30.9. The highest BCUT2D eigenvalue weighted by atomic mass is 16.5. The summed E-state index contributed by atoms with van der Waals surface area (Å²) in [6.45, 7) is 9.33. The van der Waals surface area contributed by atoms with Crippen LogP contribution in [0.1, 0.15) is 68.8 Å². The van der Waals surface area contributed by atoms with E-state index in [4.69, 9.17) is 14.3 Å². The number of carbonyl (C=O) groups is 1. The van der Waals surface area contributed by atoms with Gasteiger partial charge in [-0.25, -0.2) is 0 Å². The Labute approximate surface area is 260 Å². The summed E-state index contributed by atoms with van der Waals surface area (Å²) >= 11 is 0. The van der Waals surface area contributed by atoms with E-state index in [1.165, 1.54) is 22.3 Å². The van der Waals surface area contributed by atoms with E-state index in [1.54, 1.807) is 6.26 Å². The van der Waals surface area contributed by atoms with Crippen molar-refractivity contribution in [2.24, 2.45) is 11.8 Å². The Balaban J connectivity index is 1.46. The molecule has 0 aliphatic rings. The second-order valence-corrected chi connectivity index (χ2v) is 12.5. The number of rotatable bonds is 14. The standard InChI is InChI=1S/C39H43NO4/c1-26(2)22-28-11-15-30(16-12-28)38(31-17-13-29(14-18-31)23-27(3)4)40-33-20-19-32-25-44-39(35(32)24-33)34-8-5-6-9-36(34)43-21-7-10-37(41)42/h5-6,8-9,11-20,24-27,38,40H,7,10,21-23H2,1-4H3,(H,41,42). The number of anilines is 1. The van der Waals surface area contributed by atoms with Crippen molar-refractivity contribution in [3.05, 3.63) is 120 Å². The molecule has 44 heavy (non-hydrogen) atoms. The summed E-state index contributed by atoms with van der Waals surface area (Å²) in [7, 11) is 0. The lowest BCUT2D eigenvalue weighted by Gasteiger charge is -2.22. The predicted molar refractivity (Wildman–Crippen MR) is 179 cm³/mol. The maximum atomic E-state index is 10.9. The first-order chi connectivity index (χ1) is 21.3. The summed E-state index contributed by atoms with van der Waals surface area (Å²) in [6, 6.07) is 32.0. The average Bonchev–Trinajstić information content (AvgIpc) is 3.42. The van der Waals surface area contributed by atoms with Crippen LogP contribution in [0.25, 0.3) is 22.1 Å². The van der Waals surface area contributed by atoms with Gasteiger partial charge in [0.1, 0.15) is 11.5 Å². The lowest BCUT2D eigenvalue weighted by molar-refractivity contribution is -0.137. The normalized spacial score (nSPS) is 11.5. The van der Waals surface area contributed by atoms with Crippen LogP contribution in [-0.4, -0.2) is 17.7 Å². The summed E-state index contributed by atoms with van der Waals surface area (Å²) in [5, 5.41) is 14.8. The summed E-state index contributed by atoms with van der Waals surface area (Å²) in [5.74, 6) is 1.80. The molecule has 0 aliphatic carbocycles. The Morgan fingerprint density at radius 2 is 1.43 bits per heavy atom. The predicted octanol–water partition coefficient (Wildman–Crippen LogP) is 9.94. The number of carboxylic acid groups (broad SMARTS) is 1. The van der Waals surface area contributed by atoms with Crippen LogP contribution < -0.4 is 10.1 Å². The molecule has 5 rings (SSSR count). The molecule has 0 bridgehead atoms. The van der Waals surface area contributed by atoms with Gasteiger partial charge in [-0.05, 0) is 83.7 Å². The Morgan fingerprint density at radius 3 is 2.02 bits per heavy atom. The number of furan rings is 1. The molecule has 5 aromatic rings. The molecule has 1 aromatic heterocycles. The zero-order chi connectivity index (χ0) is 31.1. The van der Waals surface area contributed by atoms with Gasteiger partial charge in [0.05, 0.1) is 24.5 Å². The van der Waals surface area contributed by atoms with Gasteiger partial charge in [-0.3, -0.25) is 4.79 Å². The summed E-state index contributed by atoms with van der Waals surface area (Å²) in [4.78, 5) is 10.9. The minimum atomic E-state index is -0.824. The van der Waals surface area contributed by atoms with Crippen molar-refractivity contribution in [3.63, 3.8) is 0 Å². The van der Waals surface area contributed by atoms with E-state index in [0.29, 0.717) is 30.6 Å². The Kier molecular flexibility index (Phi) is 10.1. The fraction of sp³-hybridized carbons (Fsp3) is 0.308. The zero-order valence-corrected chi connectivity index (χ0v) is 26.2. The van der Waals surface area contributed by atoms with Gasteiger partial charge in [0.25, 0.3) is 0 Å². The van der Waals surface area contributed by atoms with Crippen LogP contribution in [0, 0.1) is 11.8 Å². The number of benzene rings is 4. The second kappa shape index (κ2) is 14.3. The molecule has 0 radical (unpaired) electrons. The molecular weight excluding hydrogens is 546 g/mol. The van der Waals surface area contributed by atoms with Gasteiger partial charge in [-0.2, -0.15) is 0 Å². The van der Waals surface area contributed by atoms with E-state index in [0.717, 1.165) is 40.6 Å². The molecule has 0 amide bonds. The highest BCUT2D eigenvalue weighted by Crippen LogP contribution is 2.38. The van der Waals surface area contributed by atoms with Crippen molar-refractivity contribution in [2.75, 3.05) is 11.9 Å². The number of nitrogens with one attached hydrogen (secondary N) is 1. The van der Waals surface area contributed by atoms with Crippen molar-refractivity contribution < 1.29 is 19.1 Å². The van der Waals surface area contributed by atoms with E-state index in [1.807, 2.05) is 24.3 Å². The van der Waals surface area contributed by atoms with Crippen molar-refractivity contribution in [3.8, 4) is 17.1 Å². The topological polar surface area (TPSA) is 71.7 Å². The number of hydrogen-bond donors (Lipinski definition) is 2. The number of para-hydroxylation sites is 1. The maximum Gasteiger partial charge on any atom is 0.303 e. The highest BCUT2D eigenvalue weighted by molar-refractivity contribution is 5.97. The van der Waals surface area contributed by atoms with Crippen LogP contribution >= 0.6 is 0 Å². The van der Waals surface area contributed by atoms with E-state index < -0.39 is 5.97 Å². The van der Waals surface area contributed by atoms with Crippen molar-refractivity contribution >= 4 is 22.4 Å². The summed E-state index contributed by atoms with van der Waals surface area (Å²) < 4.78 is 12.1.